The molecule has 6 heteroatoms. The van der Waals surface area contributed by atoms with Crippen LogP contribution in [0.1, 0.15) is 19.4 Å². The van der Waals surface area contributed by atoms with Gasteiger partial charge < -0.3 is 16.0 Å². The molecule has 0 heterocycles. The molecular weight excluding hydrogens is 309 g/mol. The van der Waals surface area contributed by atoms with E-state index < -0.39 is 6.04 Å². The summed E-state index contributed by atoms with van der Waals surface area (Å²) >= 11 is 0. The van der Waals surface area contributed by atoms with Crippen LogP contribution in [0.3, 0.4) is 0 Å². The van der Waals surface area contributed by atoms with E-state index >= 15 is 0 Å². The van der Waals surface area contributed by atoms with E-state index in [4.69, 9.17) is 0 Å². The van der Waals surface area contributed by atoms with Gasteiger partial charge in [0.05, 0.1) is 0 Å². The number of anilines is 3. The van der Waals surface area contributed by atoms with Gasteiger partial charge in [0.2, 0.25) is 11.8 Å². The number of nitrogens with one attached hydrogen (secondary N) is 3. The Kier molecular flexibility index (Phi) is 5.52. The number of carbonyl (C=O) groups is 2. The molecule has 0 aliphatic rings. The lowest BCUT2D eigenvalue weighted by Crippen LogP contribution is -2.31. The van der Waals surface area contributed by atoms with Gasteiger partial charge in [-0.05, 0) is 55.8 Å². The van der Waals surface area contributed by atoms with Crippen molar-refractivity contribution < 1.29 is 14.0 Å². The van der Waals surface area contributed by atoms with Crippen LogP contribution in [-0.4, -0.2) is 17.9 Å². The van der Waals surface area contributed by atoms with Gasteiger partial charge in [0.25, 0.3) is 0 Å². The molecule has 2 aromatic rings. The van der Waals surface area contributed by atoms with Gasteiger partial charge in [0.15, 0.2) is 0 Å². The molecule has 24 heavy (non-hydrogen) atoms. The lowest BCUT2D eigenvalue weighted by atomic mass is 10.2. The Bertz CT molecular complexity index is 744. The van der Waals surface area contributed by atoms with E-state index in [1.165, 1.54) is 13.0 Å². The van der Waals surface area contributed by atoms with Crippen molar-refractivity contribution in [2.24, 2.45) is 0 Å². The van der Waals surface area contributed by atoms with Gasteiger partial charge >= 0.3 is 0 Å². The third-order valence-electron chi connectivity index (χ3n) is 3.42. The van der Waals surface area contributed by atoms with Crippen molar-refractivity contribution in [3.8, 4) is 0 Å². The van der Waals surface area contributed by atoms with Crippen LogP contribution in [0, 0.1) is 12.7 Å². The summed E-state index contributed by atoms with van der Waals surface area (Å²) in [5.74, 6) is -0.778. The van der Waals surface area contributed by atoms with Gasteiger partial charge in [-0.25, -0.2) is 4.39 Å². The molecule has 0 bridgehead atoms. The average molecular weight is 329 g/mol. The molecule has 5 nitrogen and oxygen atoms in total. The van der Waals surface area contributed by atoms with Crippen LogP contribution in [0.15, 0.2) is 42.5 Å². The van der Waals surface area contributed by atoms with E-state index in [9.17, 15) is 14.0 Å². The Labute approximate surface area is 140 Å². The standard InChI is InChI=1S/C18H20FN3O2/c1-11-4-5-16(10-17(11)19)22-18(24)12(2)20-14-6-8-15(9-7-14)21-13(3)23/h4-10,12,20H,1-3H3,(H,21,23)(H,22,24)/t12-/m0/s1. The molecule has 0 unspecified atom stereocenters. The minimum Gasteiger partial charge on any atom is -0.374 e. The predicted molar refractivity (Wildman–Crippen MR) is 93.6 cm³/mol. The van der Waals surface area contributed by atoms with E-state index in [0.717, 1.165) is 5.69 Å². The number of halogens is 1. The molecule has 2 rings (SSSR count). The first kappa shape index (κ1) is 17.5. The second kappa shape index (κ2) is 7.59. The summed E-state index contributed by atoms with van der Waals surface area (Å²) in [5, 5.41) is 8.39. The monoisotopic (exact) mass is 329 g/mol. The van der Waals surface area contributed by atoms with Crippen molar-refractivity contribution in [2.45, 2.75) is 26.8 Å². The molecule has 2 aromatic carbocycles. The first-order valence-electron chi connectivity index (χ1n) is 7.56. The predicted octanol–water partition coefficient (Wildman–Crippen LogP) is 3.53. The normalized spacial score (nSPS) is 11.5. The fourth-order valence-electron chi connectivity index (χ4n) is 2.09. The number of aryl methyl sites for hydroxylation is 1. The van der Waals surface area contributed by atoms with Crippen molar-refractivity contribution in [3.63, 3.8) is 0 Å². The molecule has 0 aliphatic heterocycles. The molecule has 0 aliphatic carbocycles. The van der Waals surface area contributed by atoms with Gasteiger partial charge in [-0.1, -0.05) is 6.07 Å². The van der Waals surface area contributed by atoms with Crippen LogP contribution in [0.4, 0.5) is 21.5 Å². The molecule has 2 amide bonds. The Morgan fingerprint density at radius 3 is 2.12 bits per heavy atom. The quantitative estimate of drug-likeness (QED) is 0.786. The van der Waals surface area contributed by atoms with Gasteiger partial charge in [-0.15, -0.1) is 0 Å². The summed E-state index contributed by atoms with van der Waals surface area (Å²) in [6, 6.07) is 11.1. The number of hydrogen-bond acceptors (Lipinski definition) is 3. The van der Waals surface area contributed by atoms with Crippen LogP contribution >= 0.6 is 0 Å². The first-order valence-corrected chi connectivity index (χ1v) is 7.56. The summed E-state index contributed by atoms with van der Waals surface area (Å²) in [7, 11) is 0. The summed E-state index contributed by atoms with van der Waals surface area (Å²) in [6.07, 6.45) is 0. The zero-order valence-corrected chi connectivity index (χ0v) is 13.8. The summed E-state index contributed by atoms with van der Waals surface area (Å²) in [6.45, 7) is 4.81. The highest BCUT2D eigenvalue weighted by Crippen LogP contribution is 2.16. The second-order valence-corrected chi connectivity index (χ2v) is 5.58. The Morgan fingerprint density at radius 2 is 1.54 bits per heavy atom. The maximum Gasteiger partial charge on any atom is 0.246 e. The Hall–Kier alpha value is -2.89. The smallest absolute Gasteiger partial charge is 0.246 e. The molecule has 1 atom stereocenters. The lowest BCUT2D eigenvalue weighted by Gasteiger charge is -2.16. The van der Waals surface area contributed by atoms with Crippen molar-refractivity contribution in [3.05, 3.63) is 53.8 Å². The molecule has 0 radical (unpaired) electrons. The zero-order valence-electron chi connectivity index (χ0n) is 13.8. The number of hydrogen-bond donors (Lipinski definition) is 3. The second-order valence-electron chi connectivity index (χ2n) is 5.58. The average Bonchev–Trinajstić information content (AvgIpc) is 2.52. The van der Waals surface area contributed by atoms with Crippen molar-refractivity contribution in [1.29, 1.82) is 0 Å². The highest BCUT2D eigenvalue weighted by Gasteiger charge is 2.13. The lowest BCUT2D eigenvalue weighted by molar-refractivity contribution is -0.116. The van der Waals surface area contributed by atoms with Gasteiger partial charge in [0.1, 0.15) is 11.9 Å². The van der Waals surface area contributed by atoms with E-state index in [1.54, 1.807) is 50.2 Å². The molecule has 0 saturated carbocycles. The highest BCUT2D eigenvalue weighted by molar-refractivity contribution is 5.96. The highest BCUT2D eigenvalue weighted by atomic mass is 19.1. The van der Waals surface area contributed by atoms with Crippen molar-refractivity contribution >= 4 is 28.9 Å². The topological polar surface area (TPSA) is 70.2 Å². The van der Waals surface area contributed by atoms with Crippen molar-refractivity contribution in [1.82, 2.24) is 0 Å². The van der Waals surface area contributed by atoms with Crippen LogP contribution in [-0.2, 0) is 9.59 Å². The summed E-state index contributed by atoms with van der Waals surface area (Å²) in [4.78, 5) is 23.1. The van der Waals surface area contributed by atoms with Crippen LogP contribution in [0.5, 0.6) is 0 Å². The molecule has 0 saturated heterocycles. The molecule has 0 aromatic heterocycles. The van der Waals surface area contributed by atoms with Gasteiger partial charge in [0, 0.05) is 24.0 Å². The minimum absolute atomic E-state index is 0.145. The van der Waals surface area contributed by atoms with Gasteiger partial charge in [-0.3, -0.25) is 9.59 Å². The third-order valence-corrected chi connectivity index (χ3v) is 3.42. The first-order chi connectivity index (χ1) is 11.3. The van der Waals surface area contributed by atoms with Crippen LogP contribution in [0.25, 0.3) is 0 Å². The fourth-order valence-corrected chi connectivity index (χ4v) is 2.09. The number of amides is 2. The maximum atomic E-state index is 13.5. The SMILES string of the molecule is CC(=O)Nc1ccc(N[C@@H](C)C(=O)Nc2ccc(C)c(F)c2)cc1. The summed E-state index contributed by atoms with van der Waals surface area (Å²) in [5.41, 5.74) is 2.36. The number of rotatable bonds is 5. The Balaban J connectivity index is 1.95. The van der Waals surface area contributed by atoms with Gasteiger partial charge in [-0.2, -0.15) is 0 Å². The number of benzene rings is 2. The molecule has 0 fully saturated rings. The molecule has 3 N–H and O–H groups in total. The van der Waals surface area contributed by atoms with Crippen LogP contribution < -0.4 is 16.0 Å². The Morgan fingerprint density at radius 1 is 0.958 bits per heavy atom. The fraction of sp³-hybridized carbons (Fsp3) is 0.222. The van der Waals surface area contributed by atoms with Crippen LogP contribution in [0.2, 0.25) is 0 Å². The van der Waals surface area contributed by atoms with Crippen molar-refractivity contribution in [2.75, 3.05) is 16.0 Å². The summed E-state index contributed by atoms with van der Waals surface area (Å²) < 4.78 is 13.5. The minimum atomic E-state index is -0.513. The maximum absolute atomic E-state index is 13.5. The van der Waals surface area contributed by atoms with E-state index in [2.05, 4.69) is 16.0 Å². The zero-order chi connectivity index (χ0) is 17.7. The molecule has 126 valence electrons. The number of carbonyl (C=O) groups excluding carboxylic acids is 2. The van der Waals surface area contributed by atoms with E-state index in [1.807, 2.05) is 0 Å². The largest absolute Gasteiger partial charge is 0.374 e. The van der Waals surface area contributed by atoms with E-state index in [0.29, 0.717) is 16.9 Å². The molecule has 0 spiro atoms. The van der Waals surface area contributed by atoms with E-state index in [-0.39, 0.29) is 17.6 Å². The third kappa shape index (κ3) is 4.81. The molecular formula is C18H20FN3O2.